The fourth-order valence-corrected chi connectivity index (χ4v) is 2.45. The molecule has 0 unspecified atom stereocenters. The zero-order valence-electron chi connectivity index (χ0n) is 17.5. The summed E-state index contributed by atoms with van der Waals surface area (Å²) in [5.41, 5.74) is -0.762. The average Bonchev–Trinajstić information content (AvgIpc) is 2.62. The van der Waals surface area contributed by atoms with Crippen LogP contribution in [-0.2, 0) is 19.1 Å². The molecule has 2 amide bonds. The van der Waals surface area contributed by atoms with Gasteiger partial charge in [-0.3, -0.25) is 14.4 Å². The molecule has 0 aromatic heterocycles. The van der Waals surface area contributed by atoms with E-state index in [-0.39, 0.29) is 43.5 Å². The van der Waals surface area contributed by atoms with E-state index in [1.807, 2.05) is 6.08 Å². The van der Waals surface area contributed by atoms with Gasteiger partial charge in [-0.2, -0.15) is 0 Å². The van der Waals surface area contributed by atoms with Crippen molar-refractivity contribution in [2.24, 2.45) is 5.92 Å². The molecular formula is C21H36N2O5. The van der Waals surface area contributed by atoms with E-state index in [9.17, 15) is 14.4 Å². The summed E-state index contributed by atoms with van der Waals surface area (Å²) < 4.78 is 5.27. The maximum Gasteiger partial charge on any atom is 0.305 e. The van der Waals surface area contributed by atoms with Crippen LogP contribution in [0.3, 0.4) is 0 Å². The molecular weight excluding hydrogens is 360 g/mol. The van der Waals surface area contributed by atoms with Crippen molar-refractivity contribution >= 4 is 17.8 Å². The Bertz CT molecular complexity index is 531. The SMILES string of the molecule is C=CCCCCC(=O)OCC(C)(C)NC(=O)[C@@H](CC=C)CC(=O)N[C@H](C)CO. The minimum atomic E-state index is -0.762. The molecule has 0 heterocycles. The highest BCUT2D eigenvalue weighted by molar-refractivity contribution is 5.86. The van der Waals surface area contributed by atoms with Gasteiger partial charge < -0.3 is 20.5 Å². The Morgan fingerprint density at radius 3 is 2.43 bits per heavy atom. The van der Waals surface area contributed by atoms with Crippen LogP contribution < -0.4 is 10.6 Å². The van der Waals surface area contributed by atoms with Crippen LogP contribution in [0.1, 0.15) is 59.3 Å². The van der Waals surface area contributed by atoms with Crippen LogP contribution in [0, 0.1) is 5.92 Å². The molecule has 0 aliphatic rings. The lowest BCUT2D eigenvalue weighted by atomic mass is 9.97. The van der Waals surface area contributed by atoms with Crippen LogP contribution in [0.4, 0.5) is 0 Å². The van der Waals surface area contributed by atoms with Crippen molar-refractivity contribution in [3.63, 3.8) is 0 Å². The highest BCUT2D eigenvalue weighted by Gasteiger charge is 2.28. The van der Waals surface area contributed by atoms with Crippen molar-refractivity contribution in [1.82, 2.24) is 10.6 Å². The summed E-state index contributed by atoms with van der Waals surface area (Å²) in [6, 6.07) is -0.373. The molecule has 2 atom stereocenters. The molecule has 0 aromatic carbocycles. The zero-order valence-corrected chi connectivity index (χ0v) is 17.5. The molecule has 28 heavy (non-hydrogen) atoms. The number of esters is 1. The number of hydrogen-bond donors (Lipinski definition) is 3. The number of carbonyl (C=O) groups is 3. The molecule has 3 N–H and O–H groups in total. The van der Waals surface area contributed by atoms with Gasteiger partial charge in [0.25, 0.3) is 0 Å². The topological polar surface area (TPSA) is 105 Å². The Labute approximate surface area is 168 Å². The summed E-state index contributed by atoms with van der Waals surface area (Å²) in [6.07, 6.45) is 6.55. The maximum absolute atomic E-state index is 12.6. The fourth-order valence-electron chi connectivity index (χ4n) is 2.45. The number of aliphatic hydroxyl groups excluding tert-OH is 1. The van der Waals surface area contributed by atoms with Crippen molar-refractivity contribution in [2.75, 3.05) is 13.2 Å². The minimum absolute atomic E-state index is 0.0125. The van der Waals surface area contributed by atoms with Crippen molar-refractivity contribution in [3.05, 3.63) is 25.3 Å². The number of aliphatic hydroxyl groups is 1. The third kappa shape index (κ3) is 12.3. The summed E-state index contributed by atoms with van der Waals surface area (Å²) in [7, 11) is 0. The normalized spacial score (nSPS) is 13.1. The van der Waals surface area contributed by atoms with Crippen LogP contribution in [0.5, 0.6) is 0 Å². The summed E-state index contributed by atoms with van der Waals surface area (Å²) in [5.74, 6) is -1.50. The second-order valence-electron chi connectivity index (χ2n) is 7.64. The molecule has 7 heteroatoms. The van der Waals surface area contributed by atoms with Gasteiger partial charge in [-0.15, -0.1) is 13.2 Å². The van der Waals surface area contributed by atoms with Crippen LogP contribution in [-0.4, -0.2) is 47.7 Å². The number of unbranched alkanes of at least 4 members (excludes halogenated alkanes) is 2. The number of rotatable bonds is 15. The molecule has 0 saturated carbocycles. The van der Waals surface area contributed by atoms with E-state index in [0.29, 0.717) is 12.8 Å². The van der Waals surface area contributed by atoms with E-state index < -0.39 is 11.5 Å². The number of hydrogen-bond acceptors (Lipinski definition) is 5. The summed E-state index contributed by atoms with van der Waals surface area (Å²) in [5, 5.41) is 14.5. The van der Waals surface area contributed by atoms with Gasteiger partial charge in [0, 0.05) is 18.9 Å². The quantitative estimate of drug-likeness (QED) is 0.224. The third-order valence-electron chi connectivity index (χ3n) is 4.03. The molecule has 0 bridgehead atoms. The highest BCUT2D eigenvalue weighted by Crippen LogP contribution is 2.14. The molecule has 0 aromatic rings. The molecule has 0 aliphatic carbocycles. The van der Waals surface area contributed by atoms with Crippen LogP contribution in [0.2, 0.25) is 0 Å². The Morgan fingerprint density at radius 1 is 1.18 bits per heavy atom. The Balaban J connectivity index is 4.56. The highest BCUT2D eigenvalue weighted by atomic mass is 16.5. The molecule has 7 nitrogen and oxygen atoms in total. The summed E-state index contributed by atoms with van der Waals surface area (Å²) in [4.78, 5) is 36.4. The largest absolute Gasteiger partial charge is 0.463 e. The van der Waals surface area contributed by atoms with E-state index in [1.54, 1.807) is 26.8 Å². The molecule has 0 spiro atoms. The summed E-state index contributed by atoms with van der Waals surface area (Å²) in [6.45, 7) is 12.3. The molecule has 0 fully saturated rings. The van der Waals surface area contributed by atoms with Crippen molar-refractivity contribution in [3.8, 4) is 0 Å². The Hall–Kier alpha value is -2.15. The lowest BCUT2D eigenvalue weighted by Gasteiger charge is -2.28. The second kappa shape index (κ2) is 13.9. The van der Waals surface area contributed by atoms with E-state index in [2.05, 4.69) is 23.8 Å². The third-order valence-corrected chi connectivity index (χ3v) is 4.03. The first kappa shape index (κ1) is 25.9. The second-order valence-corrected chi connectivity index (χ2v) is 7.64. The van der Waals surface area contributed by atoms with E-state index >= 15 is 0 Å². The Kier molecular flexibility index (Phi) is 12.9. The molecule has 160 valence electrons. The standard InChI is InChI=1S/C21H36N2O5/c1-6-8-9-10-12-19(26)28-15-21(4,5)23-20(27)17(11-7-2)13-18(25)22-16(3)14-24/h6-7,16-17,24H,1-2,8-15H2,3-5H3,(H,22,25)(H,23,27)/t16-,17+/m1/s1. The number of ether oxygens (including phenoxy) is 1. The Morgan fingerprint density at radius 2 is 1.86 bits per heavy atom. The van der Waals surface area contributed by atoms with Crippen molar-refractivity contribution in [1.29, 1.82) is 0 Å². The van der Waals surface area contributed by atoms with Gasteiger partial charge in [-0.1, -0.05) is 12.2 Å². The number of allylic oxidation sites excluding steroid dienone is 2. The first-order valence-electron chi connectivity index (χ1n) is 9.74. The number of carbonyl (C=O) groups excluding carboxylic acids is 3. The fraction of sp³-hybridized carbons (Fsp3) is 0.667. The molecule has 0 radical (unpaired) electrons. The lowest BCUT2D eigenvalue weighted by molar-refractivity contribution is -0.147. The molecule has 0 rings (SSSR count). The van der Waals surface area contributed by atoms with Gasteiger partial charge in [0.05, 0.1) is 18.1 Å². The van der Waals surface area contributed by atoms with Crippen LogP contribution in [0.15, 0.2) is 25.3 Å². The molecule has 0 aliphatic heterocycles. The molecule has 0 saturated heterocycles. The van der Waals surface area contributed by atoms with E-state index in [1.165, 1.54) is 0 Å². The zero-order chi connectivity index (χ0) is 21.6. The van der Waals surface area contributed by atoms with Gasteiger partial charge in [0.1, 0.15) is 6.61 Å². The number of amides is 2. The minimum Gasteiger partial charge on any atom is -0.463 e. The van der Waals surface area contributed by atoms with Gasteiger partial charge in [-0.05, 0) is 46.5 Å². The van der Waals surface area contributed by atoms with E-state index in [0.717, 1.165) is 19.3 Å². The van der Waals surface area contributed by atoms with Crippen molar-refractivity contribution in [2.45, 2.75) is 70.9 Å². The summed E-state index contributed by atoms with van der Waals surface area (Å²) >= 11 is 0. The number of nitrogens with one attached hydrogen (secondary N) is 2. The van der Waals surface area contributed by atoms with Gasteiger partial charge in [-0.25, -0.2) is 0 Å². The predicted octanol–water partition coefficient (Wildman–Crippen LogP) is 2.25. The van der Waals surface area contributed by atoms with Gasteiger partial charge in [0.2, 0.25) is 11.8 Å². The van der Waals surface area contributed by atoms with Gasteiger partial charge >= 0.3 is 5.97 Å². The van der Waals surface area contributed by atoms with Gasteiger partial charge in [0.15, 0.2) is 0 Å². The first-order valence-corrected chi connectivity index (χ1v) is 9.74. The lowest BCUT2D eigenvalue weighted by Crippen LogP contribution is -2.50. The van der Waals surface area contributed by atoms with Crippen molar-refractivity contribution < 1.29 is 24.2 Å². The monoisotopic (exact) mass is 396 g/mol. The maximum atomic E-state index is 12.6. The average molecular weight is 397 g/mol. The van der Waals surface area contributed by atoms with E-state index in [4.69, 9.17) is 9.84 Å². The predicted molar refractivity (Wildman–Crippen MR) is 109 cm³/mol. The van der Waals surface area contributed by atoms with Crippen LogP contribution >= 0.6 is 0 Å². The van der Waals surface area contributed by atoms with Crippen LogP contribution in [0.25, 0.3) is 0 Å². The smallest absolute Gasteiger partial charge is 0.305 e. The first-order chi connectivity index (χ1) is 13.1.